The first-order chi connectivity index (χ1) is 17.5. The highest BCUT2D eigenvalue weighted by atomic mass is 16.5. The van der Waals surface area contributed by atoms with Crippen molar-refractivity contribution >= 4 is 22.6 Å². The fourth-order valence-electron chi connectivity index (χ4n) is 4.92. The van der Waals surface area contributed by atoms with E-state index in [-0.39, 0.29) is 12.5 Å². The Kier molecular flexibility index (Phi) is 7.03. The topological polar surface area (TPSA) is 69.0 Å². The van der Waals surface area contributed by atoms with Crippen molar-refractivity contribution in [3.05, 3.63) is 77.4 Å². The number of aryl methyl sites for hydroxylation is 1. The monoisotopic (exact) mass is 482 g/mol. The fraction of sp³-hybridized carbons (Fsp3) is 0.367. The Morgan fingerprint density at radius 2 is 1.64 bits per heavy atom. The lowest BCUT2D eigenvalue weighted by Crippen LogP contribution is -2.20. The SMILES string of the molecule is Cc1cc2nn(-c3ccc(C(C)C)cc3)nc2cc1NC(=O)COc1ccc(C2CCCCC2)cc1. The minimum atomic E-state index is -0.203. The minimum Gasteiger partial charge on any atom is -0.484 e. The van der Waals surface area contributed by atoms with E-state index in [2.05, 4.69) is 53.6 Å². The zero-order valence-corrected chi connectivity index (χ0v) is 21.3. The van der Waals surface area contributed by atoms with E-state index in [4.69, 9.17) is 4.74 Å². The van der Waals surface area contributed by atoms with Gasteiger partial charge in [-0.3, -0.25) is 4.79 Å². The predicted molar refractivity (Wildman–Crippen MR) is 144 cm³/mol. The number of nitrogens with zero attached hydrogens (tertiary/aromatic N) is 3. The van der Waals surface area contributed by atoms with Crippen molar-refractivity contribution in [2.45, 2.75) is 64.7 Å². The van der Waals surface area contributed by atoms with Crippen molar-refractivity contribution in [2.24, 2.45) is 0 Å². The molecule has 1 fully saturated rings. The Morgan fingerprint density at radius 3 is 2.31 bits per heavy atom. The van der Waals surface area contributed by atoms with Crippen molar-refractivity contribution in [1.29, 1.82) is 0 Å². The first kappa shape index (κ1) is 24.0. The number of carbonyl (C=O) groups excluding carboxylic acids is 1. The van der Waals surface area contributed by atoms with E-state index >= 15 is 0 Å². The van der Waals surface area contributed by atoms with Crippen LogP contribution in [0, 0.1) is 6.92 Å². The molecule has 1 aliphatic rings. The number of hydrogen-bond acceptors (Lipinski definition) is 4. The molecule has 0 spiro atoms. The van der Waals surface area contributed by atoms with Gasteiger partial charge >= 0.3 is 0 Å². The van der Waals surface area contributed by atoms with Crippen molar-refractivity contribution in [3.8, 4) is 11.4 Å². The first-order valence-electron chi connectivity index (χ1n) is 13.0. The summed E-state index contributed by atoms with van der Waals surface area (Å²) in [5, 5.41) is 12.2. The van der Waals surface area contributed by atoms with Crippen LogP contribution in [0.4, 0.5) is 5.69 Å². The van der Waals surface area contributed by atoms with E-state index in [1.165, 1.54) is 43.2 Å². The van der Waals surface area contributed by atoms with E-state index in [0.29, 0.717) is 23.3 Å². The van der Waals surface area contributed by atoms with Gasteiger partial charge in [0.15, 0.2) is 6.61 Å². The zero-order chi connectivity index (χ0) is 25.1. The maximum atomic E-state index is 12.6. The number of aromatic nitrogens is 3. The molecule has 0 aliphatic heterocycles. The summed E-state index contributed by atoms with van der Waals surface area (Å²) in [4.78, 5) is 14.3. The summed E-state index contributed by atoms with van der Waals surface area (Å²) in [5.74, 6) is 1.64. The van der Waals surface area contributed by atoms with Crippen LogP contribution in [0.1, 0.15) is 74.5 Å². The lowest BCUT2D eigenvalue weighted by Gasteiger charge is -2.22. The molecule has 5 rings (SSSR count). The molecule has 3 aromatic carbocycles. The normalized spacial score (nSPS) is 14.3. The molecule has 6 nitrogen and oxygen atoms in total. The molecule has 1 aliphatic carbocycles. The van der Waals surface area contributed by atoms with Crippen molar-refractivity contribution in [1.82, 2.24) is 15.0 Å². The van der Waals surface area contributed by atoms with Gasteiger partial charge in [-0.15, -0.1) is 10.2 Å². The second kappa shape index (κ2) is 10.5. The Labute approximate surface area is 212 Å². The van der Waals surface area contributed by atoms with Crippen LogP contribution in [0.2, 0.25) is 0 Å². The maximum Gasteiger partial charge on any atom is 0.262 e. The number of rotatable bonds is 7. The second-order valence-electron chi connectivity index (χ2n) is 10.1. The van der Waals surface area contributed by atoms with Crippen LogP contribution in [0.25, 0.3) is 16.7 Å². The Hall–Kier alpha value is -3.67. The molecule has 36 heavy (non-hydrogen) atoms. The second-order valence-corrected chi connectivity index (χ2v) is 10.1. The summed E-state index contributed by atoms with van der Waals surface area (Å²) < 4.78 is 5.75. The summed E-state index contributed by atoms with van der Waals surface area (Å²) >= 11 is 0. The molecule has 1 N–H and O–H groups in total. The highest BCUT2D eigenvalue weighted by Gasteiger charge is 2.16. The van der Waals surface area contributed by atoms with Gasteiger partial charge in [0.05, 0.1) is 5.69 Å². The highest BCUT2D eigenvalue weighted by molar-refractivity contribution is 5.95. The minimum absolute atomic E-state index is 0.0465. The van der Waals surface area contributed by atoms with E-state index in [1.807, 2.05) is 43.3 Å². The van der Waals surface area contributed by atoms with Gasteiger partial charge in [0, 0.05) is 5.69 Å². The molecule has 4 aromatic rings. The molecule has 1 saturated carbocycles. The van der Waals surface area contributed by atoms with Crippen LogP contribution in [-0.2, 0) is 4.79 Å². The number of hydrogen-bond donors (Lipinski definition) is 1. The summed E-state index contributed by atoms with van der Waals surface area (Å²) in [6, 6.07) is 20.3. The molecule has 0 radical (unpaired) electrons. The third-order valence-electron chi connectivity index (χ3n) is 7.12. The number of benzene rings is 3. The van der Waals surface area contributed by atoms with Crippen molar-refractivity contribution in [3.63, 3.8) is 0 Å². The molecule has 0 bridgehead atoms. The average Bonchev–Trinajstić information content (AvgIpc) is 3.31. The van der Waals surface area contributed by atoms with E-state index in [1.54, 1.807) is 4.80 Å². The quantitative estimate of drug-likeness (QED) is 0.310. The maximum absolute atomic E-state index is 12.6. The summed E-state index contributed by atoms with van der Waals surface area (Å²) in [7, 11) is 0. The standard InChI is InChI=1S/C30H34N4O2/c1-20(2)22-9-13-25(14-10-22)34-32-28-17-21(3)27(18-29(28)33-34)31-30(35)19-36-26-15-11-24(12-16-26)23-7-5-4-6-8-23/h9-18,20,23H,4-8,19H2,1-3H3,(H,31,35). The van der Waals surface area contributed by atoms with Crippen molar-refractivity contribution < 1.29 is 9.53 Å². The van der Waals surface area contributed by atoms with Gasteiger partial charge < -0.3 is 10.1 Å². The van der Waals surface area contributed by atoms with Gasteiger partial charge in [-0.25, -0.2) is 0 Å². The lowest BCUT2D eigenvalue weighted by molar-refractivity contribution is -0.118. The van der Waals surface area contributed by atoms with Crippen LogP contribution < -0.4 is 10.1 Å². The number of carbonyl (C=O) groups is 1. The number of anilines is 1. The molecule has 1 amide bonds. The van der Waals surface area contributed by atoms with Crippen LogP contribution in [0.5, 0.6) is 5.75 Å². The van der Waals surface area contributed by atoms with Gasteiger partial charge in [0.2, 0.25) is 0 Å². The third kappa shape index (κ3) is 5.43. The fourth-order valence-corrected chi connectivity index (χ4v) is 4.92. The lowest BCUT2D eigenvalue weighted by atomic mass is 9.84. The molecule has 6 heteroatoms. The Morgan fingerprint density at radius 1 is 0.972 bits per heavy atom. The highest BCUT2D eigenvalue weighted by Crippen LogP contribution is 2.33. The van der Waals surface area contributed by atoms with Gasteiger partial charge in [-0.2, -0.15) is 4.80 Å². The average molecular weight is 483 g/mol. The summed E-state index contributed by atoms with van der Waals surface area (Å²) in [6.45, 7) is 6.26. The predicted octanol–water partition coefficient (Wildman–Crippen LogP) is 6.92. The molecule has 0 unspecified atom stereocenters. The molecule has 1 aromatic heterocycles. The summed E-state index contributed by atoms with van der Waals surface area (Å²) in [5.41, 5.74) is 6.71. The Bertz CT molecular complexity index is 1330. The van der Waals surface area contributed by atoms with E-state index < -0.39 is 0 Å². The molecule has 1 heterocycles. The van der Waals surface area contributed by atoms with Gasteiger partial charge in [0.1, 0.15) is 16.8 Å². The molecule has 0 saturated heterocycles. The number of nitrogens with one attached hydrogen (secondary N) is 1. The van der Waals surface area contributed by atoms with Crippen molar-refractivity contribution in [2.75, 3.05) is 11.9 Å². The van der Waals surface area contributed by atoms with E-state index in [0.717, 1.165) is 22.3 Å². The van der Waals surface area contributed by atoms with Gasteiger partial charge in [-0.05, 0) is 84.7 Å². The smallest absolute Gasteiger partial charge is 0.262 e. The number of amides is 1. The van der Waals surface area contributed by atoms with Crippen LogP contribution in [0.15, 0.2) is 60.7 Å². The molecule has 0 atom stereocenters. The first-order valence-corrected chi connectivity index (χ1v) is 13.0. The zero-order valence-electron chi connectivity index (χ0n) is 21.3. The third-order valence-corrected chi connectivity index (χ3v) is 7.12. The molecular formula is C30H34N4O2. The largest absolute Gasteiger partial charge is 0.484 e. The summed E-state index contributed by atoms with van der Waals surface area (Å²) in [6.07, 6.45) is 6.52. The number of fused-ring (bicyclic) bond motifs is 1. The van der Waals surface area contributed by atoms with Crippen LogP contribution in [0.3, 0.4) is 0 Å². The van der Waals surface area contributed by atoms with Crippen LogP contribution >= 0.6 is 0 Å². The van der Waals surface area contributed by atoms with Gasteiger partial charge in [0.25, 0.3) is 5.91 Å². The van der Waals surface area contributed by atoms with Crippen LogP contribution in [-0.4, -0.2) is 27.5 Å². The van der Waals surface area contributed by atoms with E-state index in [9.17, 15) is 4.79 Å². The molecule has 186 valence electrons. The Balaban J connectivity index is 1.22. The van der Waals surface area contributed by atoms with Gasteiger partial charge in [-0.1, -0.05) is 57.4 Å². The number of ether oxygens (including phenoxy) is 1. The molecular weight excluding hydrogens is 448 g/mol.